The molecule has 0 aromatic carbocycles. The quantitative estimate of drug-likeness (QED) is 0.646. The van der Waals surface area contributed by atoms with E-state index in [0.29, 0.717) is 6.42 Å². The third-order valence-electron chi connectivity index (χ3n) is 2.49. The number of hydrogen-bond acceptors (Lipinski definition) is 2. The molecule has 2 heteroatoms. The fourth-order valence-corrected chi connectivity index (χ4v) is 1.24. The maximum Gasteiger partial charge on any atom is 0.0592 e. The van der Waals surface area contributed by atoms with Crippen molar-refractivity contribution >= 4 is 0 Å². The molecule has 2 nitrogen and oxygen atoms in total. The standard InChI is InChI=1S/C10H22O2/c1-4-5-6-9(12)10(2,3)7-8-11/h9,11-12H,4-8H2,1-3H3. The second-order valence-electron chi connectivity index (χ2n) is 4.12. The van der Waals surface area contributed by atoms with Crippen LogP contribution in [0.5, 0.6) is 0 Å². The summed E-state index contributed by atoms with van der Waals surface area (Å²) in [6.45, 7) is 6.29. The van der Waals surface area contributed by atoms with E-state index in [1.165, 1.54) is 0 Å². The van der Waals surface area contributed by atoms with Crippen LogP contribution in [-0.4, -0.2) is 22.9 Å². The van der Waals surface area contributed by atoms with Gasteiger partial charge in [-0.2, -0.15) is 0 Å². The summed E-state index contributed by atoms with van der Waals surface area (Å²) in [5.41, 5.74) is -0.135. The lowest BCUT2D eigenvalue weighted by atomic mass is 9.81. The third-order valence-corrected chi connectivity index (χ3v) is 2.49. The lowest BCUT2D eigenvalue weighted by Crippen LogP contribution is -2.30. The summed E-state index contributed by atoms with van der Waals surface area (Å²) in [6.07, 6.45) is 3.44. The minimum absolute atomic E-state index is 0.135. The Kier molecular flexibility index (Phi) is 5.51. The van der Waals surface area contributed by atoms with Crippen molar-refractivity contribution in [3.63, 3.8) is 0 Å². The average Bonchev–Trinajstić information content (AvgIpc) is 2.00. The molecule has 0 heterocycles. The molecule has 0 fully saturated rings. The molecular weight excluding hydrogens is 152 g/mol. The molecule has 0 rings (SSSR count). The van der Waals surface area contributed by atoms with Crippen LogP contribution in [0.2, 0.25) is 0 Å². The van der Waals surface area contributed by atoms with Crippen LogP contribution in [0.4, 0.5) is 0 Å². The predicted octanol–water partition coefficient (Wildman–Crippen LogP) is 1.95. The van der Waals surface area contributed by atoms with Gasteiger partial charge in [0.25, 0.3) is 0 Å². The molecule has 0 aromatic heterocycles. The maximum atomic E-state index is 9.73. The van der Waals surface area contributed by atoms with Gasteiger partial charge in [0.1, 0.15) is 0 Å². The molecule has 0 aromatic rings. The van der Waals surface area contributed by atoms with Gasteiger partial charge >= 0.3 is 0 Å². The Balaban J connectivity index is 3.79. The molecule has 1 unspecified atom stereocenters. The van der Waals surface area contributed by atoms with E-state index in [4.69, 9.17) is 5.11 Å². The van der Waals surface area contributed by atoms with Gasteiger partial charge < -0.3 is 10.2 Å². The molecule has 0 aliphatic rings. The molecule has 1 atom stereocenters. The van der Waals surface area contributed by atoms with Gasteiger partial charge in [0.15, 0.2) is 0 Å². The summed E-state index contributed by atoms with van der Waals surface area (Å²) in [7, 11) is 0. The van der Waals surface area contributed by atoms with E-state index in [1.54, 1.807) is 0 Å². The summed E-state index contributed by atoms with van der Waals surface area (Å²) in [6, 6.07) is 0. The fraction of sp³-hybridized carbons (Fsp3) is 1.00. The van der Waals surface area contributed by atoms with Crippen molar-refractivity contribution in [3.05, 3.63) is 0 Å². The van der Waals surface area contributed by atoms with Crippen LogP contribution in [0.1, 0.15) is 46.5 Å². The Morgan fingerprint density at radius 2 is 1.92 bits per heavy atom. The smallest absolute Gasteiger partial charge is 0.0592 e. The highest BCUT2D eigenvalue weighted by Crippen LogP contribution is 2.27. The van der Waals surface area contributed by atoms with Crippen LogP contribution >= 0.6 is 0 Å². The normalized spacial score (nSPS) is 14.8. The molecule has 2 N–H and O–H groups in total. The Hall–Kier alpha value is -0.0800. The first kappa shape index (κ1) is 11.9. The number of rotatable bonds is 6. The molecule has 0 bridgehead atoms. The summed E-state index contributed by atoms with van der Waals surface area (Å²) in [4.78, 5) is 0. The van der Waals surface area contributed by atoms with E-state index in [-0.39, 0.29) is 18.1 Å². The van der Waals surface area contributed by atoms with Crippen molar-refractivity contribution in [2.75, 3.05) is 6.61 Å². The van der Waals surface area contributed by atoms with Gasteiger partial charge in [-0.05, 0) is 18.3 Å². The first-order valence-corrected chi connectivity index (χ1v) is 4.83. The van der Waals surface area contributed by atoms with Crippen LogP contribution in [0.25, 0.3) is 0 Å². The minimum Gasteiger partial charge on any atom is -0.396 e. The molecule has 0 aliphatic carbocycles. The van der Waals surface area contributed by atoms with Crippen LogP contribution in [0.15, 0.2) is 0 Å². The highest BCUT2D eigenvalue weighted by Gasteiger charge is 2.26. The summed E-state index contributed by atoms with van der Waals surface area (Å²) >= 11 is 0. The van der Waals surface area contributed by atoms with Crippen LogP contribution in [0.3, 0.4) is 0 Å². The summed E-state index contributed by atoms with van der Waals surface area (Å²) < 4.78 is 0. The topological polar surface area (TPSA) is 40.5 Å². The van der Waals surface area contributed by atoms with E-state index >= 15 is 0 Å². The largest absolute Gasteiger partial charge is 0.396 e. The molecule has 0 spiro atoms. The highest BCUT2D eigenvalue weighted by atomic mass is 16.3. The van der Waals surface area contributed by atoms with E-state index in [2.05, 4.69) is 6.92 Å². The maximum absolute atomic E-state index is 9.73. The van der Waals surface area contributed by atoms with Gasteiger partial charge in [-0.15, -0.1) is 0 Å². The van der Waals surface area contributed by atoms with E-state index in [9.17, 15) is 5.11 Å². The number of hydrogen-bond donors (Lipinski definition) is 2. The Morgan fingerprint density at radius 3 is 2.33 bits per heavy atom. The van der Waals surface area contributed by atoms with Crippen LogP contribution in [-0.2, 0) is 0 Å². The van der Waals surface area contributed by atoms with Crippen LogP contribution < -0.4 is 0 Å². The van der Waals surface area contributed by atoms with Gasteiger partial charge in [0.2, 0.25) is 0 Å². The minimum atomic E-state index is -0.274. The third kappa shape index (κ3) is 4.07. The molecule has 0 amide bonds. The Bertz CT molecular complexity index is 110. The van der Waals surface area contributed by atoms with Crippen molar-refractivity contribution in [1.82, 2.24) is 0 Å². The van der Waals surface area contributed by atoms with Crippen molar-refractivity contribution < 1.29 is 10.2 Å². The van der Waals surface area contributed by atoms with E-state index in [0.717, 1.165) is 19.3 Å². The molecular formula is C10H22O2. The van der Waals surface area contributed by atoms with Crippen LogP contribution in [0, 0.1) is 5.41 Å². The zero-order valence-electron chi connectivity index (χ0n) is 8.51. The lowest BCUT2D eigenvalue weighted by Gasteiger charge is -2.29. The second-order valence-corrected chi connectivity index (χ2v) is 4.12. The molecule has 74 valence electrons. The molecule has 0 saturated carbocycles. The zero-order chi connectivity index (χ0) is 9.61. The van der Waals surface area contributed by atoms with Gasteiger partial charge in [0, 0.05) is 6.61 Å². The van der Waals surface area contributed by atoms with Crippen molar-refractivity contribution in [1.29, 1.82) is 0 Å². The molecule has 0 radical (unpaired) electrons. The van der Waals surface area contributed by atoms with Crippen molar-refractivity contribution in [2.24, 2.45) is 5.41 Å². The van der Waals surface area contributed by atoms with Gasteiger partial charge in [-0.1, -0.05) is 33.6 Å². The Labute approximate surface area is 75.6 Å². The number of aliphatic hydroxyl groups is 2. The number of unbranched alkanes of at least 4 members (excludes halogenated alkanes) is 1. The van der Waals surface area contributed by atoms with Gasteiger partial charge in [0.05, 0.1) is 6.10 Å². The first-order valence-electron chi connectivity index (χ1n) is 4.83. The highest BCUT2D eigenvalue weighted by molar-refractivity contribution is 4.77. The SMILES string of the molecule is CCCCC(O)C(C)(C)CCO. The van der Waals surface area contributed by atoms with Gasteiger partial charge in [-0.25, -0.2) is 0 Å². The van der Waals surface area contributed by atoms with E-state index < -0.39 is 0 Å². The monoisotopic (exact) mass is 174 g/mol. The molecule has 12 heavy (non-hydrogen) atoms. The molecule has 0 aliphatic heterocycles. The number of aliphatic hydroxyl groups excluding tert-OH is 2. The second kappa shape index (κ2) is 5.55. The summed E-state index contributed by atoms with van der Waals surface area (Å²) in [5.74, 6) is 0. The average molecular weight is 174 g/mol. The lowest BCUT2D eigenvalue weighted by molar-refractivity contribution is 0.0242. The zero-order valence-corrected chi connectivity index (χ0v) is 8.51. The van der Waals surface area contributed by atoms with E-state index in [1.807, 2.05) is 13.8 Å². The van der Waals surface area contributed by atoms with Crippen molar-refractivity contribution in [3.8, 4) is 0 Å². The van der Waals surface area contributed by atoms with Crippen molar-refractivity contribution in [2.45, 2.75) is 52.6 Å². The predicted molar refractivity (Wildman–Crippen MR) is 51.0 cm³/mol. The Morgan fingerprint density at radius 1 is 1.33 bits per heavy atom. The van der Waals surface area contributed by atoms with Gasteiger partial charge in [-0.3, -0.25) is 0 Å². The molecule has 0 saturated heterocycles. The first-order chi connectivity index (χ1) is 5.54. The fourth-order valence-electron chi connectivity index (χ4n) is 1.24. The summed E-state index contributed by atoms with van der Waals surface area (Å²) in [5, 5.41) is 18.5.